The zero-order valence-corrected chi connectivity index (χ0v) is 7.68. The van der Waals surface area contributed by atoms with E-state index in [1.165, 1.54) is 6.42 Å². The van der Waals surface area contributed by atoms with Crippen LogP contribution in [-0.2, 0) is 0 Å². The smallest absolute Gasteiger partial charge is 0.0926 e. The summed E-state index contributed by atoms with van der Waals surface area (Å²) in [6, 6.07) is 0. The van der Waals surface area contributed by atoms with Gasteiger partial charge in [-0.3, -0.25) is 5.41 Å². The second-order valence-corrected chi connectivity index (χ2v) is 4.18. The third-order valence-corrected chi connectivity index (χ3v) is 2.62. The van der Waals surface area contributed by atoms with Gasteiger partial charge < -0.3 is 4.90 Å². The van der Waals surface area contributed by atoms with Crippen molar-refractivity contribution in [3.8, 4) is 0 Å². The van der Waals surface area contributed by atoms with Crippen molar-refractivity contribution in [2.45, 2.75) is 17.3 Å². The molecule has 0 aromatic carbocycles. The van der Waals surface area contributed by atoms with Crippen LogP contribution >= 0.6 is 22.6 Å². The highest BCUT2D eigenvalue weighted by molar-refractivity contribution is 14.1. The number of nitrogens with one attached hydrogen (secondary N) is 1. The van der Waals surface area contributed by atoms with Crippen LogP contribution in [0.3, 0.4) is 0 Å². The lowest BCUT2D eigenvalue weighted by molar-refractivity contribution is 0.515. The first kappa shape index (κ1) is 7.31. The summed E-state index contributed by atoms with van der Waals surface area (Å²) in [5.41, 5.74) is 0. The Morgan fingerprint density at radius 3 is 2.67 bits per heavy atom. The summed E-state index contributed by atoms with van der Waals surface area (Å²) < 4.78 is 0.767. The van der Waals surface area contributed by atoms with Gasteiger partial charge in [0, 0.05) is 17.0 Å². The van der Waals surface area contributed by atoms with Crippen molar-refractivity contribution in [1.82, 2.24) is 4.90 Å². The summed E-state index contributed by atoms with van der Waals surface area (Å²) in [7, 11) is 0. The molecule has 3 heteroatoms. The quantitative estimate of drug-likeness (QED) is 0.294. The van der Waals surface area contributed by atoms with Crippen LogP contribution in [0.1, 0.15) is 13.3 Å². The Hall–Kier alpha value is 0.200. The molecule has 0 aromatic heterocycles. The lowest BCUT2D eigenvalue weighted by Crippen LogP contribution is -2.25. The number of amidine groups is 1. The number of rotatable bonds is 0. The molecule has 1 saturated heterocycles. The maximum Gasteiger partial charge on any atom is 0.0926 e. The van der Waals surface area contributed by atoms with Crippen LogP contribution in [0.25, 0.3) is 0 Å². The van der Waals surface area contributed by atoms with Crippen LogP contribution in [0.15, 0.2) is 0 Å². The summed E-state index contributed by atoms with van der Waals surface area (Å²) in [5.74, 6) is 0.717. The van der Waals surface area contributed by atoms with Crippen LogP contribution in [0.4, 0.5) is 0 Å². The van der Waals surface area contributed by atoms with Gasteiger partial charge in [-0.2, -0.15) is 0 Å². The molecule has 0 bridgehead atoms. The molecule has 0 amide bonds. The first-order valence-corrected chi connectivity index (χ1v) is 4.39. The fraction of sp³-hybridized carbons (Fsp3) is 0.833. The minimum atomic E-state index is 0.717. The van der Waals surface area contributed by atoms with E-state index in [9.17, 15) is 0 Å². The molecule has 0 saturated carbocycles. The van der Waals surface area contributed by atoms with Crippen molar-refractivity contribution in [1.29, 1.82) is 5.41 Å². The first-order chi connectivity index (χ1) is 4.20. The molecule has 0 spiro atoms. The average Bonchev–Trinajstić information content (AvgIpc) is 2.14. The maximum absolute atomic E-state index is 7.30. The Labute approximate surface area is 69.3 Å². The zero-order valence-electron chi connectivity index (χ0n) is 5.52. The molecule has 0 aromatic rings. The van der Waals surface area contributed by atoms with Gasteiger partial charge in [0.15, 0.2) is 0 Å². The fourth-order valence-corrected chi connectivity index (χ4v) is 1.78. The first-order valence-electron chi connectivity index (χ1n) is 3.14. The van der Waals surface area contributed by atoms with Gasteiger partial charge in [-0.15, -0.1) is 0 Å². The lowest BCUT2D eigenvalue weighted by Gasteiger charge is -2.14. The third kappa shape index (κ3) is 1.81. The molecule has 9 heavy (non-hydrogen) atoms. The van der Waals surface area contributed by atoms with Crippen molar-refractivity contribution >= 4 is 28.4 Å². The molecule has 52 valence electrons. The highest BCUT2D eigenvalue weighted by Gasteiger charge is 2.19. The Balaban J connectivity index is 2.39. The van der Waals surface area contributed by atoms with Crippen molar-refractivity contribution in [2.24, 2.45) is 0 Å². The normalized spacial score (nSPS) is 26.9. The topological polar surface area (TPSA) is 27.1 Å². The zero-order chi connectivity index (χ0) is 6.85. The average molecular weight is 238 g/mol. The molecule has 1 atom stereocenters. The minimum Gasteiger partial charge on any atom is -0.360 e. The SMILES string of the molecule is CC(=N)N1CCC(I)C1. The van der Waals surface area contributed by atoms with Crippen molar-refractivity contribution in [3.63, 3.8) is 0 Å². The van der Waals surface area contributed by atoms with Crippen LogP contribution in [-0.4, -0.2) is 27.7 Å². The number of halogens is 1. The number of hydrogen-bond acceptors (Lipinski definition) is 1. The summed E-state index contributed by atoms with van der Waals surface area (Å²) in [4.78, 5) is 2.12. The Kier molecular flexibility index (Phi) is 2.32. The van der Waals surface area contributed by atoms with Crippen molar-refractivity contribution < 1.29 is 0 Å². The summed E-state index contributed by atoms with van der Waals surface area (Å²) in [5, 5.41) is 7.30. The molecule has 1 heterocycles. The van der Waals surface area contributed by atoms with E-state index in [1.807, 2.05) is 6.92 Å². The van der Waals surface area contributed by atoms with Crippen LogP contribution in [0, 0.1) is 5.41 Å². The second-order valence-electron chi connectivity index (χ2n) is 2.42. The summed E-state index contributed by atoms with van der Waals surface area (Å²) in [6.07, 6.45) is 1.25. The highest BCUT2D eigenvalue weighted by atomic mass is 127. The summed E-state index contributed by atoms with van der Waals surface area (Å²) >= 11 is 2.44. The second kappa shape index (κ2) is 2.86. The van der Waals surface area contributed by atoms with Crippen LogP contribution in [0.5, 0.6) is 0 Å². The van der Waals surface area contributed by atoms with Gasteiger partial charge in [0.05, 0.1) is 5.84 Å². The van der Waals surface area contributed by atoms with Crippen LogP contribution < -0.4 is 0 Å². The van der Waals surface area contributed by atoms with Crippen molar-refractivity contribution in [3.05, 3.63) is 0 Å². The molecule has 1 aliphatic rings. The van der Waals surface area contributed by atoms with E-state index in [0.717, 1.165) is 17.0 Å². The molecular formula is C6H11IN2. The standard InChI is InChI=1S/C6H11IN2/c1-5(8)9-3-2-6(7)4-9/h6,8H,2-4H2,1H3. The van der Waals surface area contributed by atoms with Gasteiger partial charge in [0.2, 0.25) is 0 Å². The Morgan fingerprint density at radius 1 is 1.78 bits per heavy atom. The number of likely N-dealkylation sites (tertiary alicyclic amines) is 1. The molecule has 1 unspecified atom stereocenters. The van der Waals surface area contributed by atoms with Gasteiger partial charge in [0.25, 0.3) is 0 Å². The molecule has 1 fully saturated rings. The summed E-state index contributed by atoms with van der Waals surface area (Å²) in [6.45, 7) is 4.02. The van der Waals surface area contributed by atoms with E-state index in [1.54, 1.807) is 0 Å². The predicted molar refractivity (Wildman–Crippen MR) is 47.4 cm³/mol. The van der Waals surface area contributed by atoms with Gasteiger partial charge in [0.1, 0.15) is 0 Å². The lowest BCUT2D eigenvalue weighted by atomic mass is 10.4. The maximum atomic E-state index is 7.30. The molecule has 0 aliphatic carbocycles. The molecular weight excluding hydrogens is 227 g/mol. The number of nitrogens with zero attached hydrogens (tertiary/aromatic N) is 1. The molecule has 1 aliphatic heterocycles. The van der Waals surface area contributed by atoms with Gasteiger partial charge >= 0.3 is 0 Å². The third-order valence-electron chi connectivity index (χ3n) is 1.61. The number of hydrogen-bond donors (Lipinski definition) is 1. The van der Waals surface area contributed by atoms with E-state index in [4.69, 9.17) is 5.41 Å². The molecule has 2 nitrogen and oxygen atoms in total. The van der Waals surface area contributed by atoms with E-state index in [2.05, 4.69) is 27.5 Å². The molecule has 1 rings (SSSR count). The molecule has 0 radical (unpaired) electrons. The van der Waals surface area contributed by atoms with E-state index in [-0.39, 0.29) is 0 Å². The monoisotopic (exact) mass is 238 g/mol. The largest absolute Gasteiger partial charge is 0.360 e. The fourth-order valence-electron chi connectivity index (χ4n) is 1.02. The number of alkyl halides is 1. The van der Waals surface area contributed by atoms with Gasteiger partial charge in [-0.25, -0.2) is 0 Å². The van der Waals surface area contributed by atoms with Crippen LogP contribution in [0.2, 0.25) is 0 Å². The predicted octanol–water partition coefficient (Wildman–Crippen LogP) is 1.49. The highest BCUT2D eigenvalue weighted by Crippen LogP contribution is 2.16. The molecule has 1 N–H and O–H groups in total. The van der Waals surface area contributed by atoms with Crippen molar-refractivity contribution in [2.75, 3.05) is 13.1 Å². The van der Waals surface area contributed by atoms with E-state index < -0.39 is 0 Å². The van der Waals surface area contributed by atoms with E-state index in [0.29, 0.717) is 5.84 Å². The Morgan fingerprint density at radius 2 is 2.44 bits per heavy atom. The van der Waals surface area contributed by atoms with Gasteiger partial charge in [-0.1, -0.05) is 22.6 Å². The Bertz CT molecular complexity index is 124. The van der Waals surface area contributed by atoms with E-state index >= 15 is 0 Å². The van der Waals surface area contributed by atoms with Gasteiger partial charge in [-0.05, 0) is 13.3 Å². The minimum absolute atomic E-state index is 0.717.